The predicted octanol–water partition coefficient (Wildman–Crippen LogP) is 1.08. The molecule has 0 bridgehead atoms. The Balaban J connectivity index is 2.06. The molecule has 30 heavy (non-hydrogen) atoms. The summed E-state index contributed by atoms with van der Waals surface area (Å²) >= 11 is 0. The number of carbonyl (C=O) groups excluding carboxylic acids is 2. The van der Waals surface area contributed by atoms with Gasteiger partial charge in [0.05, 0.1) is 6.26 Å². The Kier molecular flexibility index (Phi) is 8.21. The fourth-order valence-corrected chi connectivity index (χ4v) is 2.87. The number of nitrogens with one attached hydrogen (secondary N) is 2. The van der Waals surface area contributed by atoms with Crippen LogP contribution in [0.5, 0.6) is 0 Å². The minimum absolute atomic E-state index is 0.0405. The lowest BCUT2D eigenvalue weighted by molar-refractivity contribution is -0.119. The van der Waals surface area contributed by atoms with Gasteiger partial charge >= 0.3 is 5.69 Å². The van der Waals surface area contributed by atoms with E-state index in [1.165, 1.54) is 27.9 Å². The molecule has 10 nitrogen and oxygen atoms in total. The lowest BCUT2D eigenvalue weighted by Crippen LogP contribution is -2.42. The highest BCUT2D eigenvalue weighted by Crippen LogP contribution is 2.17. The van der Waals surface area contributed by atoms with Crippen molar-refractivity contribution in [3.63, 3.8) is 0 Å². The molecule has 0 spiro atoms. The van der Waals surface area contributed by atoms with E-state index in [1.807, 2.05) is 6.92 Å². The number of rotatable bonds is 10. The SMILES string of the molecule is CCCCn1c(N)c(N(CC)C(=O)CCNC(=O)/C=C/c2ccco2)c(=O)[nH]c1=O. The molecule has 0 aliphatic heterocycles. The van der Waals surface area contributed by atoms with Crippen molar-refractivity contribution in [2.24, 2.45) is 0 Å². The smallest absolute Gasteiger partial charge is 0.330 e. The molecule has 0 unspecified atom stereocenters. The molecule has 0 saturated heterocycles. The van der Waals surface area contributed by atoms with E-state index in [2.05, 4.69) is 10.3 Å². The van der Waals surface area contributed by atoms with Crippen molar-refractivity contribution in [1.29, 1.82) is 0 Å². The van der Waals surface area contributed by atoms with E-state index < -0.39 is 17.2 Å². The molecule has 2 amide bonds. The summed E-state index contributed by atoms with van der Waals surface area (Å²) in [4.78, 5) is 52.3. The lowest BCUT2D eigenvalue weighted by atomic mass is 10.3. The van der Waals surface area contributed by atoms with Crippen molar-refractivity contribution in [2.45, 2.75) is 39.7 Å². The van der Waals surface area contributed by atoms with Gasteiger partial charge < -0.3 is 20.4 Å². The van der Waals surface area contributed by atoms with Gasteiger partial charge in [-0.25, -0.2) is 4.79 Å². The summed E-state index contributed by atoms with van der Waals surface area (Å²) in [5.41, 5.74) is 4.69. The molecule has 2 aromatic heterocycles. The topological polar surface area (TPSA) is 143 Å². The number of nitrogens with two attached hydrogens (primary N) is 1. The second kappa shape index (κ2) is 10.8. The molecule has 0 atom stereocenters. The van der Waals surface area contributed by atoms with Gasteiger partial charge in [-0.2, -0.15) is 0 Å². The van der Waals surface area contributed by atoms with Gasteiger partial charge in [0.15, 0.2) is 5.69 Å². The molecule has 0 saturated carbocycles. The van der Waals surface area contributed by atoms with Gasteiger partial charge in [-0.1, -0.05) is 13.3 Å². The maximum atomic E-state index is 12.7. The molecule has 2 rings (SSSR count). The van der Waals surface area contributed by atoms with Crippen LogP contribution in [0.25, 0.3) is 6.08 Å². The summed E-state index contributed by atoms with van der Waals surface area (Å²) in [6.45, 7) is 4.26. The summed E-state index contributed by atoms with van der Waals surface area (Å²) in [5.74, 6) is -0.289. The summed E-state index contributed by atoms with van der Waals surface area (Å²) in [6, 6.07) is 3.41. The largest absolute Gasteiger partial charge is 0.465 e. The van der Waals surface area contributed by atoms with Gasteiger partial charge in [-0.05, 0) is 31.6 Å². The van der Waals surface area contributed by atoms with Gasteiger partial charge in [-0.3, -0.25) is 23.9 Å². The van der Waals surface area contributed by atoms with E-state index in [9.17, 15) is 19.2 Å². The third-order valence-corrected chi connectivity index (χ3v) is 4.42. The standard InChI is InChI=1S/C20H27N5O5/c1-3-5-12-25-18(21)17(19(28)23-20(25)29)24(4-2)16(27)10-11-22-15(26)9-8-14-7-6-13-30-14/h6-9,13H,3-5,10-12,21H2,1-2H3,(H,22,26)(H,23,28,29)/b9-8+. The van der Waals surface area contributed by atoms with Crippen LogP contribution < -0.4 is 27.2 Å². The number of amides is 2. The summed E-state index contributed by atoms with van der Waals surface area (Å²) in [6.07, 6.45) is 5.80. The van der Waals surface area contributed by atoms with E-state index in [0.29, 0.717) is 18.7 Å². The average molecular weight is 417 g/mol. The Hall–Kier alpha value is -3.56. The van der Waals surface area contributed by atoms with Crippen LogP contribution in [0.1, 0.15) is 38.9 Å². The first-order valence-electron chi connectivity index (χ1n) is 9.81. The number of furan rings is 1. The van der Waals surface area contributed by atoms with E-state index >= 15 is 0 Å². The number of aromatic nitrogens is 2. The van der Waals surface area contributed by atoms with E-state index in [-0.39, 0.29) is 36.9 Å². The minimum atomic E-state index is -0.717. The molecule has 0 radical (unpaired) electrons. The van der Waals surface area contributed by atoms with Gasteiger partial charge in [0, 0.05) is 32.1 Å². The number of carbonyl (C=O) groups is 2. The third-order valence-electron chi connectivity index (χ3n) is 4.42. The normalized spacial score (nSPS) is 11.0. The van der Waals surface area contributed by atoms with Crippen LogP contribution in [0.2, 0.25) is 0 Å². The number of hydrogen-bond donors (Lipinski definition) is 3. The minimum Gasteiger partial charge on any atom is -0.465 e. The first-order valence-corrected chi connectivity index (χ1v) is 9.81. The Morgan fingerprint density at radius 2 is 2.10 bits per heavy atom. The number of anilines is 2. The number of hydrogen-bond acceptors (Lipinski definition) is 6. The second-order valence-electron chi connectivity index (χ2n) is 6.53. The Morgan fingerprint density at radius 1 is 1.33 bits per heavy atom. The van der Waals surface area contributed by atoms with Crippen molar-refractivity contribution in [1.82, 2.24) is 14.9 Å². The fourth-order valence-electron chi connectivity index (χ4n) is 2.87. The van der Waals surface area contributed by atoms with Crippen LogP contribution in [-0.2, 0) is 16.1 Å². The maximum absolute atomic E-state index is 12.7. The Bertz CT molecular complexity index is 1000. The monoisotopic (exact) mass is 417 g/mol. The molecular weight excluding hydrogens is 390 g/mol. The van der Waals surface area contributed by atoms with Crippen molar-refractivity contribution in [2.75, 3.05) is 23.7 Å². The molecule has 2 aromatic rings. The van der Waals surface area contributed by atoms with Gasteiger partial charge in [-0.15, -0.1) is 0 Å². The summed E-state index contributed by atoms with van der Waals surface area (Å²) in [5, 5.41) is 2.60. The van der Waals surface area contributed by atoms with Crippen LogP contribution >= 0.6 is 0 Å². The highest BCUT2D eigenvalue weighted by molar-refractivity contribution is 5.96. The van der Waals surface area contributed by atoms with Crippen molar-refractivity contribution < 1.29 is 14.0 Å². The third kappa shape index (κ3) is 5.72. The Morgan fingerprint density at radius 3 is 2.73 bits per heavy atom. The second-order valence-corrected chi connectivity index (χ2v) is 6.53. The molecule has 0 aliphatic rings. The number of nitrogen functional groups attached to an aromatic ring is 1. The molecule has 2 heterocycles. The number of aromatic amines is 1. The van der Waals surface area contributed by atoms with Gasteiger partial charge in [0.2, 0.25) is 11.8 Å². The summed E-state index contributed by atoms with van der Waals surface area (Å²) in [7, 11) is 0. The quantitative estimate of drug-likeness (QED) is 0.494. The van der Waals surface area contributed by atoms with E-state index in [4.69, 9.17) is 10.2 Å². The van der Waals surface area contributed by atoms with Gasteiger partial charge in [0.1, 0.15) is 11.6 Å². The van der Waals surface area contributed by atoms with Crippen LogP contribution in [0, 0.1) is 0 Å². The molecule has 10 heteroatoms. The lowest BCUT2D eigenvalue weighted by Gasteiger charge is -2.23. The Labute approximate surface area is 173 Å². The number of unbranched alkanes of at least 4 members (excludes halogenated alkanes) is 1. The van der Waals surface area contributed by atoms with Crippen LogP contribution in [-0.4, -0.2) is 34.5 Å². The van der Waals surface area contributed by atoms with Crippen LogP contribution in [0.3, 0.4) is 0 Å². The highest BCUT2D eigenvalue weighted by atomic mass is 16.3. The molecule has 0 fully saturated rings. The van der Waals surface area contributed by atoms with Crippen LogP contribution in [0.15, 0.2) is 38.5 Å². The van der Waals surface area contributed by atoms with Crippen molar-refractivity contribution in [3.05, 3.63) is 51.1 Å². The zero-order chi connectivity index (χ0) is 22.1. The molecule has 0 aliphatic carbocycles. The zero-order valence-corrected chi connectivity index (χ0v) is 17.1. The highest BCUT2D eigenvalue weighted by Gasteiger charge is 2.22. The van der Waals surface area contributed by atoms with Crippen LogP contribution in [0.4, 0.5) is 11.5 Å². The molecular formula is C20H27N5O5. The first kappa shape index (κ1) is 22.7. The summed E-state index contributed by atoms with van der Waals surface area (Å²) < 4.78 is 6.35. The van der Waals surface area contributed by atoms with Crippen molar-refractivity contribution >= 4 is 29.4 Å². The molecule has 162 valence electrons. The van der Waals surface area contributed by atoms with Crippen molar-refractivity contribution in [3.8, 4) is 0 Å². The zero-order valence-electron chi connectivity index (χ0n) is 17.1. The van der Waals surface area contributed by atoms with E-state index in [1.54, 1.807) is 19.1 Å². The fraction of sp³-hybridized carbons (Fsp3) is 0.400. The molecule has 4 N–H and O–H groups in total. The number of nitrogens with zero attached hydrogens (tertiary/aromatic N) is 2. The van der Waals surface area contributed by atoms with E-state index in [0.717, 1.165) is 6.42 Å². The maximum Gasteiger partial charge on any atom is 0.330 e. The average Bonchev–Trinajstić information content (AvgIpc) is 3.23. The predicted molar refractivity (Wildman–Crippen MR) is 114 cm³/mol. The van der Waals surface area contributed by atoms with Gasteiger partial charge in [0.25, 0.3) is 5.56 Å². The first-order chi connectivity index (χ1) is 14.4. The molecule has 0 aromatic carbocycles. The number of H-pyrrole nitrogens is 1.